The van der Waals surface area contributed by atoms with Crippen LogP contribution in [-0.4, -0.2) is 24.8 Å². The van der Waals surface area contributed by atoms with Gasteiger partial charge < -0.3 is 10.1 Å². The predicted octanol–water partition coefficient (Wildman–Crippen LogP) is 3.11. The molecule has 0 heterocycles. The molecule has 2 heteroatoms. The highest BCUT2D eigenvalue weighted by Gasteiger charge is 2.26. The second kappa shape index (κ2) is 6.02. The van der Waals surface area contributed by atoms with Crippen LogP contribution in [0.25, 0.3) is 0 Å². The Hall–Kier alpha value is -0.0800. The summed E-state index contributed by atoms with van der Waals surface area (Å²) in [4.78, 5) is 0. The van der Waals surface area contributed by atoms with Gasteiger partial charge in [0.1, 0.15) is 0 Å². The predicted molar refractivity (Wildman–Crippen MR) is 67.6 cm³/mol. The summed E-state index contributed by atoms with van der Waals surface area (Å²) in [6.45, 7) is 5.56. The quantitative estimate of drug-likeness (QED) is 0.750. The van der Waals surface area contributed by atoms with Gasteiger partial charge in [-0.3, -0.25) is 0 Å². The zero-order valence-corrected chi connectivity index (χ0v) is 10.9. The first-order valence-electron chi connectivity index (χ1n) is 7.18. The monoisotopic (exact) mass is 225 g/mol. The van der Waals surface area contributed by atoms with Crippen molar-refractivity contribution in [3.8, 4) is 0 Å². The van der Waals surface area contributed by atoms with E-state index in [4.69, 9.17) is 4.74 Å². The van der Waals surface area contributed by atoms with Gasteiger partial charge in [0.05, 0.1) is 12.2 Å². The van der Waals surface area contributed by atoms with E-state index in [1.807, 2.05) is 0 Å². The first kappa shape index (κ1) is 12.4. The minimum atomic E-state index is 0.387. The Labute approximate surface area is 100 Å². The minimum absolute atomic E-state index is 0.387. The third-order valence-corrected chi connectivity index (χ3v) is 4.04. The second-order valence-electron chi connectivity index (χ2n) is 5.62. The molecule has 0 aromatic heterocycles. The summed E-state index contributed by atoms with van der Waals surface area (Å²) in [6, 6.07) is 0.805. The van der Waals surface area contributed by atoms with Crippen molar-refractivity contribution in [1.29, 1.82) is 0 Å². The van der Waals surface area contributed by atoms with Crippen LogP contribution in [0.5, 0.6) is 0 Å². The molecule has 2 aliphatic carbocycles. The first-order valence-corrected chi connectivity index (χ1v) is 7.18. The van der Waals surface area contributed by atoms with Gasteiger partial charge >= 0.3 is 0 Å². The summed E-state index contributed by atoms with van der Waals surface area (Å²) in [6.07, 6.45) is 10.4. The van der Waals surface area contributed by atoms with E-state index in [9.17, 15) is 0 Å². The number of hydrogen-bond acceptors (Lipinski definition) is 2. The molecule has 0 aliphatic heterocycles. The van der Waals surface area contributed by atoms with Crippen molar-refractivity contribution in [3.63, 3.8) is 0 Å². The average molecular weight is 225 g/mol. The van der Waals surface area contributed by atoms with Crippen molar-refractivity contribution < 1.29 is 4.74 Å². The van der Waals surface area contributed by atoms with Crippen molar-refractivity contribution in [2.24, 2.45) is 5.92 Å². The van der Waals surface area contributed by atoms with Gasteiger partial charge in [0.2, 0.25) is 0 Å². The highest BCUT2D eigenvalue weighted by Crippen LogP contribution is 2.29. The maximum atomic E-state index is 6.21. The molecule has 2 aliphatic rings. The van der Waals surface area contributed by atoms with E-state index in [0.717, 1.165) is 18.5 Å². The molecule has 16 heavy (non-hydrogen) atoms. The van der Waals surface area contributed by atoms with Gasteiger partial charge in [-0.05, 0) is 38.5 Å². The summed E-state index contributed by atoms with van der Waals surface area (Å²) in [5, 5.41) is 3.55. The SMILES string of the molecule is CCC1CCCCC1OC(C)CNC1CC1. The molecule has 2 saturated carbocycles. The molecule has 0 spiro atoms. The van der Waals surface area contributed by atoms with Crippen LogP contribution in [-0.2, 0) is 4.74 Å². The van der Waals surface area contributed by atoms with Crippen LogP contribution in [0.3, 0.4) is 0 Å². The van der Waals surface area contributed by atoms with E-state index < -0.39 is 0 Å². The molecule has 0 aromatic rings. The van der Waals surface area contributed by atoms with Gasteiger partial charge in [0.15, 0.2) is 0 Å². The fourth-order valence-electron chi connectivity index (χ4n) is 2.79. The van der Waals surface area contributed by atoms with Gasteiger partial charge in [-0.15, -0.1) is 0 Å². The molecule has 0 aromatic carbocycles. The fourth-order valence-corrected chi connectivity index (χ4v) is 2.79. The van der Waals surface area contributed by atoms with Crippen LogP contribution in [0.1, 0.15) is 58.8 Å². The molecule has 2 fully saturated rings. The van der Waals surface area contributed by atoms with Gasteiger partial charge in [-0.1, -0.05) is 26.2 Å². The van der Waals surface area contributed by atoms with Gasteiger partial charge in [0, 0.05) is 12.6 Å². The van der Waals surface area contributed by atoms with Crippen LogP contribution in [0.4, 0.5) is 0 Å². The van der Waals surface area contributed by atoms with E-state index in [1.54, 1.807) is 0 Å². The minimum Gasteiger partial charge on any atom is -0.374 e. The molecule has 2 rings (SSSR count). The molecule has 0 radical (unpaired) electrons. The van der Waals surface area contributed by atoms with Crippen molar-refractivity contribution in [2.75, 3.05) is 6.54 Å². The molecule has 0 bridgehead atoms. The Morgan fingerprint density at radius 3 is 2.62 bits per heavy atom. The summed E-state index contributed by atoms with van der Waals surface area (Å²) < 4.78 is 6.21. The molecular weight excluding hydrogens is 198 g/mol. The van der Waals surface area contributed by atoms with Gasteiger partial charge in [-0.2, -0.15) is 0 Å². The van der Waals surface area contributed by atoms with Crippen molar-refractivity contribution in [1.82, 2.24) is 5.32 Å². The van der Waals surface area contributed by atoms with Crippen LogP contribution in [0.15, 0.2) is 0 Å². The molecule has 94 valence electrons. The zero-order chi connectivity index (χ0) is 11.4. The lowest BCUT2D eigenvalue weighted by Crippen LogP contribution is -2.35. The summed E-state index contributed by atoms with van der Waals surface area (Å²) >= 11 is 0. The Morgan fingerprint density at radius 2 is 1.94 bits per heavy atom. The molecule has 1 N–H and O–H groups in total. The maximum absolute atomic E-state index is 6.21. The van der Waals surface area contributed by atoms with E-state index in [2.05, 4.69) is 19.2 Å². The first-order chi connectivity index (χ1) is 7.79. The maximum Gasteiger partial charge on any atom is 0.0675 e. The Bertz CT molecular complexity index is 203. The Balaban J connectivity index is 1.68. The second-order valence-corrected chi connectivity index (χ2v) is 5.62. The summed E-state index contributed by atoms with van der Waals surface area (Å²) in [7, 11) is 0. The normalized spacial score (nSPS) is 32.6. The molecular formula is C14H27NO. The van der Waals surface area contributed by atoms with Crippen molar-refractivity contribution in [3.05, 3.63) is 0 Å². The standard InChI is InChI=1S/C14H27NO/c1-3-12-6-4-5-7-14(12)16-11(2)10-15-13-8-9-13/h11-15H,3-10H2,1-2H3. The number of ether oxygens (including phenoxy) is 1. The lowest BCUT2D eigenvalue weighted by molar-refractivity contribution is -0.0522. The van der Waals surface area contributed by atoms with E-state index in [0.29, 0.717) is 12.2 Å². The van der Waals surface area contributed by atoms with Crippen LogP contribution >= 0.6 is 0 Å². The number of hydrogen-bond donors (Lipinski definition) is 1. The highest BCUT2D eigenvalue weighted by molar-refractivity contribution is 4.82. The average Bonchev–Trinajstić information content (AvgIpc) is 3.11. The molecule has 0 saturated heterocycles. The van der Waals surface area contributed by atoms with Crippen LogP contribution in [0.2, 0.25) is 0 Å². The van der Waals surface area contributed by atoms with Crippen molar-refractivity contribution in [2.45, 2.75) is 77.0 Å². The molecule has 3 atom stereocenters. The molecule has 2 nitrogen and oxygen atoms in total. The van der Waals surface area contributed by atoms with E-state index in [-0.39, 0.29) is 0 Å². The number of nitrogens with one attached hydrogen (secondary N) is 1. The Morgan fingerprint density at radius 1 is 1.19 bits per heavy atom. The molecule has 3 unspecified atom stereocenters. The van der Waals surface area contributed by atoms with Gasteiger partial charge in [-0.25, -0.2) is 0 Å². The Kier molecular flexibility index (Phi) is 4.66. The lowest BCUT2D eigenvalue weighted by Gasteiger charge is -2.33. The van der Waals surface area contributed by atoms with E-state index >= 15 is 0 Å². The third-order valence-electron chi connectivity index (χ3n) is 4.04. The summed E-state index contributed by atoms with van der Waals surface area (Å²) in [5.74, 6) is 0.817. The van der Waals surface area contributed by atoms with Gasteiger partial charge in [0.25, 0.3) is 0 Å². The van der Waals surface area contributed by atoms with Crippen molar-refractivity contribution >= 4 is 0 Å². The molecule has 0 amide bonds. The lowest BCUT2D eigenvalue weighted by atomic mass is 9.84. The topological polar surface area (TPSA) is 21.3 Å². The smallest absolute Gasteiger partial charge is 0.0675 e. The van der Waals surface area contributed by atoms with Crippen LogP contribution < -0.4 is 5.32 Å². The summed E-state index contributed by atoms with van der Waals surface area (Å²) in [5.41, 5.74) is 0. The highest BCUT2D eigenvalue weighted by atomic mass is 16.5. The third kappa shape index (κ3) is 3.74. The largest absolute Gasteiger partial charge is 0.374 e. The van der Waals surface area contributed by atoms with Crippen LogP contribution in [0, 0.1) is 5.92 Å². The number of rotatable bonds is 6. The van der Waals surface area contributed by atoms with E-state index in [1.165, 1.54) is 44.9 Å². The zero-order valence-electron chi connectivity index (χ0n) is 10.9. The fraction of sp³-hybridized carbons (Fsp3) is 1.00.